The summed E-state index contributed by atoms with van der Waals surface area (Å²) in [6, 6.07) is -2.40. The third-order valence-electron chi connectivity index (χ3n) is 8.35. The topological polar surface area (TPSA) is 107 Å². The molecule has 33 heavy (non-hydrogen) atoms. The van der Waals surface area contributed by atoms with E-state index < -0.39 is 34.8 Å². The molecule has 3 aliphatic rings. The van der Waals surface area contributed by atoms with Crippen LogP contribution in [-0.4, -0.2) is 68.6 Å². The molecule has 0 aromatic heterocycles. The molecular weight excluding hydrogens is 440 g/mol. The van der Waals surface area contributed by atoms with Crippen molar-refractivity contribution >= 4 is 29.6 Å². The minimum absolute atomic E-state index is 0.303. The van der Waals surface area contributed by atoms with Crippen LogP contribution < -0.4 is 5.32 Å². The van der Waals surface area contributed by atoms with Crippen LogP contribution in [0.4, 0.5) is 0 Å². The summed E-state index contributed by atoms with van der Waals surface area (Å²) in [6.07, 6.45) is 15.6. The minimum Gasteiger partial charge on any atom is -0.480 e. The number of amides is 1. The van der Waals surface area contributed by atoms with Crippen molar-refractivity contribution < 1.29 is 24.6 Å². The molecule has 4 unspecified atom stereocenters. The Morgan fingerprint density at radius 2 is 1.58 bits per heavy atom. The molecule has 1 aliphatic heterocycles. The van der Waals surface area contributed by atoms with Gasteiger partial charge in [0.05, 0.1) is 6.04 Å². The summed E-state index contributed by atoms with van der Waals surface area (Å²) in [4.78, 5) is 39.0. The Morgan fingerprint density at radius 1 is 0.970 bits per heavy atom. The molecule has 2 aliphatic carbocycles. The van der Waals surface area contributed by atoms with Gasteiger partial charge in [0.2, 0.25) is 5.91 Å². The molecular formula is C25H42N2O5S. The highest BCUT2D eigenvalue weighted by molar-refractivity contribution is 8.00. The van der Waals surface area contributed by atoms with E-state index in [1.165, 1.54) is 30.6 Å². The van der Waals surface area contributed by atoms with Gasteiger partial charge in [0.15, 0.2) is 0 Å². The molecule has 3 N–H and O–H groups in total. The highest BCUT2D eigenvalue weighted by Gasteiger charge is 2.51. The first-order valence-corrected chi connectivity index (χ1v) is 14.1. The maximum Gasteiger partial charge on any atom is 0.326 e. The first-order valence-electron chi connectivity index (χ1n) is 12.9. The molecule has 0 aromatic rings. The van der Waals surface area contributed by atoms with E-state index in [1.807, 2.05) is 6.26 Å². The number of carboxylic acids is 2. The predicted octanol–water partition coefficient (Wildman–Crippen LogP) is 4.15. The number of likely N-dealkylation sites (tertiary alicyclic amines) is 1. The molecule has 4 atom stereocenters. The zero-order valence-electron chi connectivity index (χ0n) is 20.3. The Balaban J connectivity index is 1.85. The average molecular weight is 483 g/mol. The highest BCUT2D eigenvalue weighted by Crippen LogP contribution is 2.49. The molecule has 1 heterocycles. The predicted molar refractivity (Wildman–Crippen MR) is 130 cm³/mol. The third kappa shape index (κ3) is 6.05. The molecule has 3 rings (SSSR count). The molecule has 1 saturated heterocycles. The fourth-order valence-corrected chi connectivity index (χ4v) is 7.98. The lowest BCUT2D eigenvalue weighted by atomic mass is 9.69. The zero-order valence-corrected chi connectivity index (χ0v) is 21.1. The molecule has 8 heteroatoms. The van der Waals surface area contributed by atoms with Crippen molar-refractivity contribution in [2.45, 2.75) is 113 Å². The molecule has 3 fully saturated rings. The summed E-state index contributed by atoms with van der Waals surface area (Å²) in [5, 5.41) is 23.2. The monoisotopic (exact) mass is 482 g/mol. The average Bonchev–Trinajstić information content (AvgIpc) is 3.32. The van der Waals surface area contributed by atoms with E-state index in [-0.39, 0.29) is 5.91 Å². The Kier molecular flexibility index (Phi) is 9.51. The van der Waals surface area contributed by atoms with Crippen LogP contribution in [0.1, 0.15) is 90.4 Å². The van der Waals surface area contributed by atoms with Crippen molar-refractivity contribution in [1.82, 2.24) is 10.2 Å². The van der Waals surface area contributed by atoms with Crippen LogP contribution in [0.15, 0.2) is 0 Å². The summed E-state index contributed by atoms with van der Waals surface area (Å²) in [5.74, 6) is -1.36. The van der Waals surface area contributed by atoms with Gasteiger partial charge < -0.3 is 15.1 Å². The van der Waals surface area contributed by atoms with Crippen molar-refractivity contribution in [3.63, 3.8) is 0 Å². The van der Waals surface area contributed by atoms with Crippen LogP contribution in [0.25, 0.3) is 0 Å². The number of nitrogens with zero attached hydrogens (tertiary/aromatic N) is 1. The first kappa shape index (κ1) is 26.3. The largest absolute Gasteiger partial charge is 0.480 e. The van der Waals surface area contributed by atoms with Crippen molar-refractivity contribution in [3.8, 4) is 0 Å². The van der Waals surface area contributed by atoms with E-state index in [2.05, 4.69) is 5.32 Å². The molecule has 1 amide bonds. The number of thioether (sulfide) groups is 1. The van der Waals surface area contributed by atoms with Gasteiger partial charge in [0, 0.05) is 11.3 Å². The number of carbonyl (C=O) groups is 3. The maximum absolute atomic E-state index is 13.2. The van der Waals surface area contributed by atoms with E-state index >= 15 is 0 Å². The molecule has 7 nitrogen and oxygen atoms in total. The van der Waals surface area contributed by atoms with Gasteiger partial charge in [-0.05, 0) is 57.1 Å². The van der Waals surface area contributed by atoms with Gasteiger partial charge >= 0.3 is 11.9 Å². The number of aliphatic carboxylic acids is 2. The molecule has 2 saturated carbocycles. The smallest absolute Gasteiger partial charge is 0.326 e. The molecule has 0 radical (unpaired) electrons. The van der Waals surface area contributed by atoms with Crippen LogP contribution in [0.3, 0.4) is 0 Å². The number of rotatable bonds is 10. The summed E-state index contributed by atoms with van der Waals surface area (Å²) in [6.45, 7) is 2.11. The van der Waals surface area contributed by atoms with E-state index in [0.717, 1.165) is 44.9 Å². The van der Waals surface area contributed by atoms with Gasteiger partial charge in [-0.15, -0.1) is 0 Å². The quantitative estimate of drug-likeness (QED) is 0.429. The van der Waals surface area contributed by atoms with Crippen molar-refractivity contribution in [3.05, 3.63) is 0 Å². The fraction of sp³-hybridized carbons (Fsp3) is 0.880. The first-order chi connectivity index (χ1) is 15.8. The van der Waals surface area contributed by atoms with E-state index in [1.54, 1.807) is 18.7 Å². The van der Waals surface area contributed by atoms with Gasteiger partial charge in [0.25, 0.3) is 0 Å². The summed E-state index contributed by atoms with van der Waals surface area (Å²) in [7, 11) is 0. The van der Waals surface area contributed by atoms with Gasteiger partial charge in [-0.1, -0.05) is 51.4 Å². The molecule has 188 valence electrons. The minimum atomic E-state index is -0.985. The Hall–Kier alpha value is -1.28. The Bertz CT molecular complexity index is 692. The lowest BCUT2D eigenvalue weighted by molar-refractivity contribution is -0.149. The molecule has 0 spiro atoms. The van der Waals surface area contributed by atoms with Crippen LogP contribution in [0.5, 0.6) is 0 Å². The SMILES string of the molecule is CSC(CC1CCCCC1)(C1CCCCC1)C(NC(C)C(=O)N1CCCC1C(=O)O)C(=O)O. The second-order valence-electron chi connectivity index (χ2n) is 10.4. The summed E-state index contributed by atoms with van der Waals surface area (Å²) in [5.41, 5.74) is 0. The zero-order chi connectivity index (χ0) is 24.0. The number of carboxylic acid groups (broad SMARTS) is 2. The summed E-state index contributed by atoms with van der Waals surface area (Å²) >= 11 is 1.68. The van der Waals surface area contributed by atoms with Crippen LogP contribution >= 0.6 is 11.8 Å². The van der Waals surface area contributed by atoms with Crippen LogP contribution in [0.2, 0.25) is 0 Å². The highest BCUT2D eigenvalue weighted by atomic mass is 32.2. The van der Waals surface area contributed by atoms with Crippen molar-refractivity contribution in [2.24, 2.45) is 11.8 Å². The second kappa shape index (κ2) is 11.9. The number of nitrogens with one attached hydrogen (secondary N) is 1. The second-order valence-corrected chi connectivity index (χ2v) is 11.6. The van der Waals surface area contributed by atoms with Gasteiger partial charge in [0.1, 0.15) is 12.1 Å². The Labute approximate surface area is 202 Å². The Morgan fingerprint density at radius 3 is 2.12 bits per heavy atom. The maximum atomic E-state index is 13.2. The van der Waals surface area contributed by atoms with Crippen LogP contribution in [-0.2, 0) is 14.4 Å². The van der Waals surface area contributed by atoms with E-state index in [0.29, 0.717) is 31.2 Å². The lowest BCUT2D eigenvalue weighted by Gasteiger charge is -2.48. The number of hydrogen-bond acceptors (Lipinski definition) is 5. The van der Waals surface area contributed by atoms with Gasteiger partial charge in [-0.25, -0.2) is 4.79 Å². The van der Waals surface area contributed by atoms with E-state index in [9.17, 15) is 24.6 Å². The van der Waals surface area contributed by atoms with Gasteiger partial charge in [-0.2, -0.15) is 11.8 Å². The fourth-order valence-electron chi connectivity index (χ4n) is 6.60. The lowest BCUT2D eigenvalue weighted by Crippen LogP contribution is -2.62. The van der Waals surface area contributed by atoms with Gasteiger partial charge in [-0.3, -0.25) is 14.9 Å². The molecule has 0 aromatic carbocycles. The van der Waals surface area contributed by atoms with Crippen molar-refractivity contribution in [1.29, 1.82) is 0 Å². The standard InChI is InChI=1S/C25H42N2O5S/c1-17(22(28)27-15-9-14-20(27)23(29)30)26-21(24(31)32)25(33-2,19-12-7-4-8-13-19)16-18-10-5-3-6-11-18/h17-21,26H,3-16H2,1-2H3,(H,29,30)(H,31,32). The van der Waals surface area contributed by atoms with Crippen LogP contribution in [0, 0.1) is 11.8 Å². The van der Waals surface area contributed by atoms with E-state index in [4.69, 9.17) is 0 Å². The normalized spacial score (nSPS) is 26.5. The number of carbonyl (C=O) groups excluding carboxylic acids is 1. The third-order valence-corrected chi connectivity index (χ3v) is 9.85. The van der Waals surface area contributed by atoms with Crippen molar-refractivity contribution in [2.75, 3.05) is 12.8 Å². The number of hydrogen-bond donors (Lipinski definition) is 3. The molecule has 0 bridgehead atoms. The summed E-state index contributed by atoms with van der Waals surface area (Å²) < 4.78 is -0.472.